The fourth-order valence-corrected chi connectivity index (χ4v) is 3.79. The Bertz CT molecular complexity index is 926. The van der Waals surface area contributed by atoms with Crippen LogP contribution in [0.5, 0.6) is 0 Å². The van der Waals surface area contributed by atoms with Gasteiger partial charge in [-0.2, -0.15) is 5.26 Å². The molecule has 2 aromatic heterocycles. The van der Waals surface area contributed by atoms with Gasteiger partial charge in [0.05, 0.1) is 11.5 Å². The summed E-state index contributed by atoms with van der Waals surface area (Å²) in [4.78, 5) is 29.3. The fraction of sp³-hybridized carbons (Fsp3) is 0.556. The third-order valence-corrected chi connectivity index (χ3v) is 5.36. The standard InChI is InChI=1S/C18H23N5O2/c1-11-13(12(2)21-15-14(11)16(24)22-23(15)3)9-20-17(25)18(10-19)7-5-4-6-8-18/h4-9H2,1-3H3,(H,20,25)(H,22,24). The number of pyridine rings is 1. The van der Waals surface area contributed by atoms with Crippen LogP contribution in [0.1, 0.15) is 48.9 Å². The van der Waals surface area contributed by atoms with Crippen LogP contribution in [-0.4, -0.2) is 20.7 Å². The van der Waals surface area contributed by atoms with Crippen molar-refractivity contribution >= 4 is 16.9 Å². The molecule has 0 aliphatic heterocycles. The SMILES string of the molecule is Cc1nc2c(c(C)c1CNC(=O)C1(C#N)CCCCC1)c(=O)[nH]n2C. The number of hydrogen-bond donors (Lipinski definition) is 2. The summed E-state index contributed by atoms with van der Waals surface area (Å²) in [6.07, 6.45) is 4.12. The highest BCUT2D eigenvalue weighted by atomic mass is 16.2. The zero-order chi connectivity index (χ0) is 18.2. The largest absolute Gasteiger partial charge is 0.351 e. The van der Waals surface area contributed by atoms with Crippen LogP contribution in [0, 0.1) is 30.6 Å². The first kappa shape index (κ1) is 17.2. The molecule has 0 atom stereocenters. The number of rotatable bonds is 3. The van der Waals surface area contributed by atoms with Gasteiger partial charge in [-0.15, -0.1) is 0 Å². The Hall–Kier alpha value is -2.62. The highest BCUT2D eigenvalue weighted by Gasteiger charge is 2.39. The van der Waals surface area contributed by atoms with Crippen molar-refractivity contribution in [1.82, 2.24) is 20.1 Å². The number of nitrogens with one attached hydrogen (secondary N) is 2. The molecule has 2 aromatic rings. The second-order valence-corrected chi connectivity index (χ2v) is 6.94. The number of carbonyl (C=O) groups is 1. The molecular formula is C18H23N5O2. The molecule has 2 heterocycles. The first-order chi connectivity index (χ1) is 11.9. The predicted octanol–water partition coefficient (Wildman–Crippen LogP) is 1.97. The molecule has 1 saturated carbocycles. The molecule has 0 spiro atoms. The van der Waals surface area contributed by atoms with Crippen LogP contribution in [-0.2, 0) is 18.4 Å². The van der Waals surface area contributed by atoms with Crippen LogP contribution in [0.25, 0.3) is 11.0 Å². The van der Waals surface area contributed by atoms with E-state index in [4.69, 9.17) is 0 Å². The third-order valence-electron chi connectivity index (χ3n) is 5.36. The minimum Gasteiger partial charge on any atom is -0.351 e. The van der Waals surface area contributed by atoms with Gasteiger partial charge in [0.25, 0.3) is 5.56 Å². The number of nitriles is 1. The van der Waals surface area contributed by atoms with Crippen molar-refractivity contribution in [2.45, 2.75) is 52.5 Å². The van der Waals surface area contributed by atoms with Gasteiger partial charge in [-0.1, -0.05) is 19.3 Å². The van der Waals surface area contributed by atoms with E-state index in [9.17, 15) is 14.9 Å². The van der Waals surface area contributed by atoms with Crippen LogP contribution in [0.2, 0.25) is 0 Å². The molecule has 132 valence electrons. The van der Waals surface area contributed by atoms with E-state index < -0.39 is 5.41 Å². The molecule has 2 N–H and O–H groups in total. The van der Waals surface area contributed by atoms with Crippen molar-refractivity contribution in [3.63, 3.8) is 0 Å². The van der Waals surface area contributed by atoms with Crippen LogP contribution >= 0.6 is 0 Å². The lowest BCUT2D eigenvalue weighted by atomic mass is 9.74. The van der Waals surface area contributed by atoms with Gasteiger partial charge in [-0.25, -0.2) is 4.98 Å². The fourth-order valence-electron chi connectivity index (χ4n) is 3.79. The van der Waals surface area contributed by atoms with Crippen LogP contribution in [0.15, 0.2) is 4.79 Å². The Balaban J connectivity index is 1.89. The number of aromatic nitrogens is 3. The Morgan fingerprint density at radius 2 is 2.04 bits per heavy atom. The number of carbonyl (C=O) groups excluding carboxylic acids is 1. The highest BCUT2D eigenvalue weighted by Crippen LogP contribution is 2.36. The van der Waals surface area contributed by atoms with Crippen molar-refractivity contribution in [2.24, 2.45) is 12.5 Å². The Labute approximate surface area is 146 Å². The van der Waals surface area contributed by atoms with E-state index >= 15 is 0 Å². The third kappa shape index (κ3) is 2.82. The van der Waals surface area contributed by atoms with Gasteiger partial charge in [-0.05, 0) is 37.8 Å². The molecule has 0 saturated heterocycles. The summed E-state index contributed by atoms with van der Waals surface area (Å²) in [5.74, 6) is -0.212. The van der Waals surface area contributed by atoms with Gasteiger partial charge in [0.15, 0.2) is 5.65 Å². The maximum atomic E-state index is 12.7. The van der Waals surface area contributed by atoms with Crippen molar-refractivity contribution in [3.8, 4) is 6.07 Å². The van der Waals surface area contributed by atoms with Crippen LogP contribution in [0.4, 0.5) is 0 Å². The molecule has 1 aliphatic carbocycles. The highest BCUT2D eigenvalue weighted by molar-refractivity contribution is 5.86. The minimum absolute atomic E-state index is 0.184. The summed E-state index contributed by atoms with van der Waals surface area (Å²) in [6, 6.07) is 2.24. The van der Waals surface area contributed by atoms with Crippen molar-refractivity contribution in [2.75, 3.05) is 0 Å². The minimum atomic E-state index is -0.915. The van der Waals surface area contributed by atoms with Gasteiger partial charge in [0.1, 0.15) is 5.41 Å². The van der Waals surface area contributed by atoms with E-state index in [2.05, 4.69) is 21.5 Å². The Kier molecular flexibility index (Phi) is 4.38. The summed E-state index contributed by atoms with van der Waals surface area (Å²) in [5, 5.41) is 15.7. The summed E-state index contributed by atoms with van der Waals surface area (Å²) in [5.41, 5.74) is 1.93. The number of aromatic amines is 1. The molecule has 0 bridgehead atoms. The van der Waals surface area contributed by atoms with E-state index in [1.165, 1.54) is 0 Å². The number of fused-ring (bicyclic) bond motifs is 1. The first-order valence-corrected chi connectivity index (χ1v) is 8.64. The van der Waals surface area contributed by atoms with Gasteiger partial charge in [0.2, 0.25) is 5.91 Å². The molecule has 0 radical (unpaired) electrons. The van der Waals surface area contributed by atoms with E-state index in [0.29, 0.717) is 23.9 Å². The monoisotopic (exact) mass is 341 g/mol. The zero-order valence-corrected chi connectivity index (χ0v) is 14.9. The second-order valence-electron chi connectivity index (χ2n) is 6.94. The molecule has 3 rings (SSSR count). The molecule has 0 unspecified atom stereocenters. The molecule has 1 fully saturated rings. The lowest BCUT2D eigenvalue weighted by Crippen LogP contribution is -2.41. The molecule has 25 heavy (non-hydrogen) atoms. The summed E-state index contributed by atoms with van der Waals surface area (Å²) in [6.45, 7) is 4.01. The molecule has 7 nitrogen and oxygen atoms in total. The maximum absolute atomic E-state index is 12.7. The smallest absolute Gasteiger partial charge is 0.273 e. The molecular weight excluding hydrogens is 318 g/mol. The number of amides is 1. The normalized spacial score (nSPS) is 16.6. The Morgan fingerprint density at radius 1 is 1.36 bits per heavy atom. The number of nitrogens with zero attached hydrogens (tertiary/aromatic N) is 3. The number of H-pyrrole nitrogens is 1. The summed E-state index contributed by atoms with van der Waals surface area (Å²) in [7, 11) is 1.75. The van der Waals surface area contributed by atoms with Gasteiger partial charge in [-0.3, -0.25) is 19.4 Å². The Morgan fingerprint density at radius 3 is 2.68 bits per heavy atom. The molecule has 1 aliphatic rings. The topological polar surface area (TPSA) is 104 Å². The van der Waals surface area contributed by atoms with Crippen LogP contribution in [0.3, 0.4) is 0 Å². The molecule has 1 amide bonds. The van der Waals surface area contributed by atoms with Gasteiger partial charge in [0, 0.05) is 19.3 Å². The van der Waals surface area contributed by atoms with Crippen LogP contribution < -0.4 is 10.9 Å². The van der Waals surface area contributed by atoms with Crippen molar-refractivity contribution in [3.05, 3.63) is 27.2 Å². The lowest BCUT2D eigenvalue weighted by Gasteiger charge is -2.29. The van der Waals surface area contributed by atoms with E-state index in [1.807, 2.05) is 13.8 Å². The summed E-state index contributed by atoms with van der Waals surface area (Å²) < 4.78 is 1.60. The zero-order valence-electron chi connectivity index (χ0n) is 14.9. The lowest BCUT2D eigenvalue weighted by molar-refractivity contribution is -0.129. The molecule has 7 heteroatoms. The maximum Gasteiger partial charge on any atom is 0.273 e. The van der Waals surface area contributed by atoms with E-state index in [0.717, 1.165) is 36.1 Å². The van der Waals surface area contributed by atoms with E-state index in [1.54, 1.807) is 11.7 Å². The quantitative estimate of drug-likeness (QED) is 0.890. The summed E-state index contributed by atoms with van der Waals surface area (Å²) >= 11 is 0. The average Bonchev–Trinajstić information content (AvgIpc) is 2.88. The van der Waals surface area contributed by atoms with Gasteiger partial charge >= 0.3 is 0 Å². The van der Waals surface area contributed by atoms with Crippen molar-refractivity contribution in [1.29, 1.82) is 5.26 Å². The number of aryl methyl sites for hydroxylation is 3. The average molecular weight is 341 g/mol. The van der Waals surface area contributed by atoms with Crippen molar-refractivity contribution < 1.29 is 4.79 Å². The molecule has 0 aromatic carbocycles. The van der Waals surface area contributed by atoms with E-state index in [-0.39, 0.29) is 18.0 Å². The second kappa shape index (κ2) is 6.36. The predicted molar refractivity (Wildman–Crippen MR) is 93.8 cm³/mol. The first-order valence-electron chi connectivity index (χ1n) is 8.64. The van der Waals surface area contributed by atoms with Gasteiger partial charge < -0.3 is 5.32 Å². The number of hydrogen-bond acceptors (Lipinski definition) is 4.